The van der Waals surface area contributed by atoms with E-state index >= 15 is 0 Å². The van der Waals surface area contributed by atoms with Crippen molar-refractivity contribution in [3.05, 3.63) is 70.1 Å². The van der Waals surface area contributed by atoms with Crippen molar-refractivity contribution in [1.82, 2.24) is 19.6 Å². The number of amidine groups is 1. The summed E-state index contributed by atoms with van der Waals surface area (Å²) in [4.78, 5) is 29.3. The Kier molecular flexibility index (Phi) is 4.40. The fraction of sp³-hybridized carbons (Fsp3) is 0.238. The van der Waals surface area contributed by atoms with Gasteiger partial charge in [0.15, 0.2) is 11.5 Å². The number of nitrogens with zero attached hydrogens (tertiary/aromatic N) is 5. The third-order valence-electron chi connectivity index (χ3n) is 5.64. The number of aryl methyl sites for hydroxylation is 1. The van der Waals surface area contributed by atoms with Crippen LogP contribution >= 0.6 is 0 Å². The van der Waals surface area contributed by atoms with Crippen molar-refractivity contribution in [3.63, 3.8) is 0 Å². The van der Waals surface area contributed by atoms with Gasteiger partial charge in [0, 0.05) is 44.2 Å². The normalized spacial score (nSPS) is 17.5. The topological polar surface area (TPSA) is 105 Å². The average molecular weight is 437 g/mol. The first kappa shape index (κ1) is 19.4. The van der Waals surface area contributed by atoms with E-state index in [1.807, 2.05) is 4.90 Å². The first-order valence-corrected chi connectivity index (χ1v) is 11.3. The molecule has 1 fully saturated rings. The van der Waals surface area contributed by atoms with E-state index in [1.165, 1.54) is 11.7 Å². The maximum absolute atomic E-state index is 13.2. The van der Waals surface area contributed by atoms with Gasteiger partial charge in [-0.1, -0.05) is 30.3 Å². The first-order chi connectivity index (χ1) is 14.9. The first-order valence-electron chi connectivity index (χ1n) is 9.81. The van der Waals surface area contributed by atoms with Gasteiger partial charge >= 0.3 is 0 Å². The number of amides is 1. The Hall–Kier alpha value is -3.53. The van der Waals surface area contributed by atoms with Gasteiger partial charge in [-0.05, 0) is 18.2 Å². The van der Waals surface area contributed by atoms with Crippen LogP contribution in [0, 0.1) is 0 Å². The molecule has 0 N–H and O–H groups in total. The van der Waals surface area contributed by atoms with Crippen molar-refractivity contribution in [3.8, 4) is 0 Å². The Balaban J connectivity index is 1.40. The van der Waals surface area contributed by atoms with Gasteiger partial charge in [-0.2, -0.15) is 13.5 Å². The highest BCUT2D eigenvalue weighted by atomic mass is 32.2. The van der Waals surface area contributed by atoms with Crippen molar-refractivity contribution < 1.29 is 13.2 Å². The molecule has 158 valence electrons. The largest absolute Gasteiger partial charge is 0.352 e. The zero-order valence-electron chi connectivity index (χ0n) is 16.7. The maximum atomic E-state index is 13.2. The van der Waals surface area contributed by atoms with E-state index in [9.17, 15) is 18.0 Å². The lowest BCUT2D eigenvalue weighted by Crippen LogP contribution is -2.51. The van der Waals surface area contributed by atoms with Crippen molar-refractivity contribution in [2.24, 2.45) is 11.4 Å². The van der Waals surface area contributed by atoms with E-state index in [4.69, 9.17) is 0 Å². The monoisotopic (exact) mass is 437 g/mol. The molecule has 2 aliphatic rings. The molecule has 3 heterocycles. The average Bonchev–Trinajstić information content (AvgIpc) is 3.07. The number of aromatic nitrogens is 2. The Morgan fingerprint density at radius 2 is 1.58 bits per heavy atom. The van der Waals surface area contributed by atoms with Gasteiger partial charge in [0.2, 0.25) is 0 Å². The molecule has 5 rings (SSSR count). The lowest BCUT2D eigenvalue weighted by Gasteiger charge is -2.35. The van der Waals surface area contributed by atoms with E-state index in [0.717, 1.165) is 0 Å². The maximum Gasteiger partial charge on any atom is 0.285 e. The summed E-state index contributed by atoms with van der Waals surface area (Å²) in [5, 5.41) is 5.19. The Morgan fingerprint density at radius 3 is 2.32 bits per heavy atom. The number of piperazine rings is 1. The molecule has 1 saturated heterocycles. The molecular weight excluding hydrogens is 418 g/mol. The van der Waals surface area contributed by atoms with Gasteiger partial charge in [-0.3, -0.25) is 9.59 Å². The summed E-state index contributed by atoms with van der Waals surface area (Å²) < 4.78 is 29.8. The van der Waals surface area contributed by atoms with E-state index in [2.05, 4.69) is 9.50 Å². The molecule has 0 atom stereocenters. The lowest BCUT2D eigenvalue weighted by atomic mass is 10.1. The zero-order chi connectivity index (χ0) is 21.8. The zero-order valence-corrected chi connectivity index (χ0v) is 17.5. The summed E-state index contributed by atoms with van der Waals surface area (Å²) in [5.74, 6) is 0.168. The van der Waals surface area contributed by atoms with Crippen molar-refractivity contribution in [2.45, 2.75) is 4.90 Å². The molecule has 10 heteroatoms. The van der Waals surface area contributed by atoms with Crippen molar-refractivity contribution >= 4 is 32.5 Å². The minimum absolute atomic E-state index is 0.212. The van der Waals surface area contributed by atoms with E-state index < -0.39 is 10.0 Å². The molecule has 0 saturated carbocycles. The van der Waals surface area contributed by atoms with Crippen LogP contribution in [0.2, 0.25) is 0 Å². The van der Waals surface area contributed by atoms with E-state index in [-0.39, 0.29) is 22.1 Å². The van der Waals surface area contributed by atoms with Crippen LogP contribution in [0.1, 0.15) is 16.1 Å². The molecular formula is C21H19N5O4S. The fourth-order valence-corrected chi connectivity index (χ4v) is 5.27. The van der Waals surface area contributed by atoms with Gasteiger partial charge < -0.3 is 9.80 Å². The highest BCUT2D eigenvalue weighted by Crippen LogP contribution is 2.28. The van der Waals surface area contributed by atoms with Crippen LogP contribution < -0.4 is 5.56 Å². The van der Waals surface area contributed by atoms with Crippen LogP contribution in [-0.2, 0) is 17.1 Å². The molecule has 9 nitrogen and oxygen atoms in total. The Morgan fingerprint density at radius 1 is 0.935 bits per heavy atom. The molecule has 0 aliphatic carbocycles. The van der Waals surface area contributed by atoms with Gasteiger partial charge in [0.25, 0.3) is 21.5 Å². The molecule has 1 amide bonds. The van der Waals surface area contributed by atoms with Crippen LogP contribution in [0.3, 0.4) is 0 Å². The minimum atomic E-state index is -3.69. The summed E-state index contributed by atoms with van der Waals surface area (Å²) >= 11 is 0. The second-order valence-electron chi connectivity index (χ2n) is 7.49. The van der Waals surface area contributed by atoms with Crippen molar-refractivity contribution in [2.75, 3.05) is 26.2 Å². The number of rotatable bonds is 1. The molecule has 3 aromatic rings. The molecule has 31 heavy (non-hydrogen) atoms. The third-order valence-corrected chi connectivity index (χ3v) is 6.96. The van der Waals surface area contributed by atoms with Crippen LogP contribution in [0.5, 0.6) is 0 Å². The predicted molar refractivity (Wildman–Crippen MR) is 115 cm³/mol. The number of fused-ring (bicyclic) bond motifs is 2. The van der Waals surface area contributed by atoms with Gasteiger partial charge in [-0.25, -0.2) is 4.68 Å². The third kappa shape index (κ3) is 3.10. The van der Waals surface area contributed by atoms with Crippen LogP contribution in [0.4, 0.5) is 0 Å². The molecule has 0 radical (unpaired) electrons. The van der Waals surface area contributed by atoms with Gasteiger partial charge in [-0.15, -0.1) is 4.40 Å². The number of benzene rings is 2. The quantitative estimate of drug-likeness (QED) is 0.559. The van der Waals surface area contributed by atoms with Crippen LogP contribution in [-0.4, -0.2) is 65.9 Å². The summed E-state index contributed by atoms with van der Waals surface area (Å²) in [6.45, 7) is 1.66. The lowest BCUT2D eigenvalue weighted by molar-refractivity contribution is 0.0686. The minimum Gasteiger partial charge on any atom is -0.352 e. The van der Waals surface area contributed by atoms with Gasteiger partial charge in [0.1, 0.15) is 4.90 Å². The van der Waals surface area contributed by atoms with E-state index in [1.54, 1.807) is 53.4 Å². The number of hydrogen-bond acceptors (Lipinski definition) is 6. The number of sulfonamides is 1. The molecule has 0 bridgehead atoms. The summed E-state index contributed by atoms with van der Waals surface area (Å²) in [6.07, 6.45) is 0. The number of hydrogen-bond donors (Lipinski definition) is 0. The second kappa shape index (κ2) is 7.02. The highest BCUT2D eigenvalue weighted by Gasteiger charge is 2.34. The molecule has 2 aliphatic heterocycles. The second-order valence-corrected chi connectivity index (χ2v) is 9.06. The van der Waals surface area contributed by atoms with Gasteiger partial charge in [0.05, 0.1) is 5.39 Å². The van der Waals surface area contributed by atoms with E-state index in [0.29, 0.717) is 48.4 Å². The Labute approximate surface area is 178 Å². The number of carbonyl (C=O) groups excluding carboxylic acids is 1. The SMILES string of the molecule is Cn1nc(C(=O)N2CCN(C3=NS(=O)(=O)c4ccccc43)CC2)c2ccccc2c1=O. The fourth-order valence-electron chi connectivity index (χ4n) is 4.05. The smallest absolute Gasteiger partial charge is 0.285 e. The Bertz CT molecular complexity index is 1420. The van der Waals surface area contributed by atoms with Crippen molar-refractivity contribution in [1.29, 1.82) is 0 Å². The highest BCUT2D eigenvalue weighted by molar-refractivity contribution is 7.90. The summed E-state index contributed by atoms with van der Waals surface area (Å²) in [5.41, 5.74) is 0.571. The van der Waals surface area contributed by atoms with Crippen LogP contribution in [0.25, 0.3) is 10.8 Å². The van der Waals surface area contributed by atoms with Crippen LogP contribution in [0.15, 0.2) is 62.6 Å². The summed E-state index contributed by atoms with van der Waals surface area (Å²) in [7, 11) is -2.16. The predicted octanol–water partition coefficient (Wildman–Crippen LogP) is 0.840. The standard InChI is InChI=1S/C21H19N5O4S/c1-24-20(27)15-7-3-2-6-14(15)18(22-24)21(28)26-12-10-25(11-13-26)19-16-8-4-5-9-17(16)31(29,30)23-19/h2-9H,10-13H2,1H3. The number of carbonyl (C=O) groups is 1. The molecule has 1 aromatic heterocycles. The molecule has 2 aromatic carbocycles. The summed E-state index contributed by atoms with van der Waals surface area (Å²) in [6, 6.07) is 13.7. The molecule has 0 unspecified atom stereocenters. The molecule has 0 spiro atoms.